The molecule has 3 heteroatoms. The Kier molecular flexibility index (Phi) is 4.00. The van der Waals surface area contributed by atoms with Crippen LogP contribution in [0.2, 0.25) is 0 Å². The average molecular weight is 252 g/mol. The minimum atomic E-state index is -0.0697. The van der Waals surface area contributed by atoms with Gasteiger partial charge in [-0.1, -0.05) is 26.7 Å². The molecule has 1 unspecified atom stereocenters. The summed E-state index contributed by atoms with van der Waals surface area (Å²) in [5, 5.41) is 6.69. The highest BCUT2D eigenvalue weighted by Gasteiger charge is 2.44. The number of carbonyl (C=O) groups excluding carboxylic acids is 1. The lowest BCUT2D eigenvalue weighted by Crippen LogP contribution is -2.53. The van der Waals surface area contributed by atoms with Crippen LogP contribution in [0.25, 0.3) is 0 Å². The Labute approximate surface area is 111 Å². The molecule has 1 saturated carbocycles. The predicted octanol–water partition coefficient (Wildman–Crippen LogP) is 2.46. The van der Waals surface area contributed by atoms with Crippen LogP contribution in [-0.4, -0.2) is 24.5 Å². The number of nitrogens with one attached hydrogen (secondary N) is 2. The summed E-state index contributed by atoms with van der Waals surface area (Å²) in [4.78, 5) is 12.7. The van der Waals surface area contributed by atoms with Gasteiger partial charge < -0.3 is 10.6 Å². The lowest BCUT2D eigenvalue weighted by molar-refractivity contribution is -0.133. The largest absolute Gasteiger partial charge is 0.349 e. The lowest BCUT2D eigenvalue weighted by Gasteiger charge is -2.34. The van der Waals surface area contributed by atoms with E-state index in [4.69, 9.17) is 0 Å². The first-order chi connectivity index (χ1) is 8.46. The van der Waals surface area contributed by atoms with E-state index in [1.54, 1.807) is 0 Å². The van der Waals surface area contributed by atoms with Crippen molar-refractivity contribution < 1.29 is 4.79 Å². The van der Waals surface area contributed by atoms with Crippen molar-refractivity contribution in [1.82, 2.24) is 10.6 Å². The molecule has 1 heterocycles. The quantitative estimate of drug-likeness (QED) is 0.807. The molecule has 1 aliphatic carbocycles. The molecule has 0 bridgehead atoms. The van der Waals surface area contributed by atoms with Crippen LogP contribution in [-0.2, 0) is 4.79 Å². The third-order valence-corrected chi connectivity index (χ3v) is 4.63. The summed E-state index contributed by atoms with van der Waals surface area (Å²) in [6.07, 6.45) is 6.70. The molecule has 1 saturated heterocycles. The zero-order valence-corrected chi connectivity index (χ0v) is 12.1. The second-order valence-corrected chi connectivity index (χ2v) is 7.03. The van der Waals surface area contributed by atoms with Crippen LogP contribution in [0.1, 0.15) is 59.3 Å². The number of carbonyl (C=O) groups is 1. The molecule has 1 amide bonds. The van der Waals surface area contributed by atoms with Crippen LogP contribution in [0.4, 0.5) is 0 Å². The Morgan fingerprint density at radius 3 is 2.44 bits per heavy atom. The second kappa shape index (κ2) is 5.20. The zero-order chi connectivity index (χ0) is 13.2. The molecular weight excluding hydrogens is 224 g/mol. The summed E-state index contributed by atoms with van der Waals surface area (Å²) in [7, 11) is 0. The number of hydrogen-bond donors (Lipinski definition) is 2. The van der Waals surface area contributed by atoms with E-state index in [0.717, 1.165) is 38.8 Å². The molecule has 18 heavy (non-hydrogen) atoms. The van der Waals surface area contributed by atoms with Crippen LogP contribution in [0.3, 0.4) is 0 Å². The molecule has 3 nitrogen and oxygen atoms in total. The van der Waals surface area contributed by atoms with Crippen molar-refractivity contribution in [3.63, 3.8) is 0 Å². The van der Waals surface area contributed by atoms with Gasteiger partial charge in [0.15, 0.2) is 0 Å². The molecule has 1 atom stereocenters. The van der Waals surface area contributed by atoms with E-state index in [1.807, 2.05) is 0 Å². The summed E-state index contributed by atoms with van der Waals surface area (Å²) in [6.45, 7) is 8.56. The Morgan fingerprint density at radius 2 is 1.94 bits per heavy atom. The van der Waals surface area contributed by atoms with Gasteiger partial charge >= 0.3 is 0 Å². The summed E-state index contributed by atoms with van der Waals surface area (Å²) < 4.78 is 0. The molecule has 2 rings (SSSR count). The molecule has 2 fully saturated rings. The van der Waals surface area contributed by atoms with Gasteiger partial charge in [0.2, 0.25) is 5.91 Å². The summed E-state index contributed by atoms with van der Waals surface area (Å²) in [6, 6.07) is 0. The fourth-order valence-electron chi connectivity index (χ4n) is 3.69. The average Bonchev–Trinajstić information content (AvgIpc) is 2.88. The van der Waals surface area contributed by atoms with Gasteiger partial charge in [-0.25, -0.2) is 0 Å². The summed E-state index contributed by atoms with van der Waals surface area (Å²) in [5.74, 6) is 0.920. The maximum absolute atomic E-state index is 12.7. The third-order valence-electron chi connectivity index (χ3n) is 4.63. The maximum Gasteiger partial charge on any atom is 0.226 e. The van der Waals surface area contributed by atoms with E-state index in [-0.39, 0.29) is 11.0 Å². The lowest BCUT2D eigenvalue weighted by atomic mass is 9.77. The van der Waals surface area contributed by atoms with Crippen molar-refractivity contribution >= 4 is 5.91 Å². The normalized spacial score (nSPS) is 30.9. The molecule has 0 aromatic heterocycles. The van der Waals surface area contributed by atoms with Crippen molar-refractivity contribution in [2.75, 3.05) is 13.1 Å². The molecule has 104 valence electrons. The number of amides is 1. The predicted molar refractivity (Wildman–Crippen MR) is 74.4 cm³/mol. The summed E-state index contributed by atoms with van der Waals surface area (Å²) >= 11 is 0. The Bertz CT molecular complexity index is 300. The number of hydrogen-bond acceptors (Lipinski definition) is 2. The van der Waals surface area contributed by atoms with Crippen molar-refractivity contribution in [1.29, 1.82) is 0 Å². The highest BCUT2D eigenvalue weighted by atomic mass is 16.2. The van der Waals surface area contributed by atoms with E-state index >= 15 is 0 Å². The first-order valence-corrected chi connectivity index (χ1v) is 7.49. The standard InChI is InChI=1S/C15H28N2O/c1-12(2)10-15(6-4-5-7-15)13(18)17-14(3)8-9-16-11-14/h12,16H,4-11H2,1-3H3,(H,17,18). The van der Waals surface area contributed by atoms with E-state index in [9.17, 15) is 4.79 Å². The molecule has 0 aromatic carbocycles. The van der Waals surface area contributed by atoms with Gasteiger partial charge in [-0.05, 0) is 45.1 Å². The van der Waals surface area contributed by atoms with Gasteiger partial charge in [0.25, 0.3) is 0 Å². The fourth-order valence-corrected chi connectivity index (χ4v) is 3.69. The first kappa shape index (κ1) is 13.9. The van der Waals surface area contributed by atoms with Crippen LogP contribution in [0, 0.1) is 11.3 Å². The van der Waals surface area contributed by atoms with Crippen LogP contribution >= 0.6 is 0 Å². The second-order valence-electron chi connectivity index (χ2n) is 7.03. The van der Waals surface area contributed by atoms with E-state index in [0.29, 0.717) is 11.8 Å². The van der Waals surface area contributed by atoms with Gasteiger partial charge in [0.1, 0.15) is 0 Å². The van der Waals surface area contributed by atoms with E-state index < -0.39 is 0 Å². The molecule has 1 aliphatic heterocycles. The topological polar surface area (TPSA) is 41.1 Å². The first-order valence-electron chi connectivity index (χ1n) is 7.49. The monoisotopic (exact) mass is 252 g/mol. The minimum Gasteiger partial charge on any atom is -0.349 e. The van der Waals surface area contributed by atoms with Crippen molar-refractivity contribution in [2.45, 2.75) is 64.8 Å². The highest BCUT2D eigenvalue weighted by Crippen LogP contribution is 2.43. The molecule has 0 spiro atoms. The Hall–Kier alpha value is -0.570. The SMILES string of the molecule is CC(C)CC1(C(=O)NC2(C)CCNC2)CCCC1. The number of rotatable bonds is 4. The van der Waals surface area contributed by atoms with Gasteiger partial charge in [0, 0.05) is 12.0 Å². The smallest absolute Gasteiger partial charge is 0.226 e. The van der Waals surface area contributed by atoms with E-state index in [1.165, 1.54) is 12.8 Å². The van der Waals surface area contributed by atoms with Gasteiger partial charge in [-0.15, -0.1) is 0 Å². The van der Waals surface area contributed by atoms with Gasteiger partial charge in [-0.2, -0.15) is 0 Å². The molecule has 2 aliphatic rings. The molecular formula is C15H28N2O. The minimum absolute atomic E-state index is 0.0242. The molecule has 0 radical (unpaired) electrons. The molecule has 2 N–H and O–H groups in total. The Morgan fingerprint density at radius 1 is 1.28 bits per heavy atom. The molecule has 0 aromatic rings. The van der Waals surface area contributed by atoms with E-state index in [2.05, 4.69) is 31.4 Å². The highest BCUT2D eigenvalue weighted by molar-refractivity contribution is 5.83. The van der Waals surface area contributed by atoms with Crippen LogP contribution in [0.5, 0.6) is 0 Å². The zero-order valence-electron chi connectivity index (χ0n) is 12.1. The maximum atomic E-state index is 12.7. The Balaban J connectivity index is 2.04. The van der Waals surface area contributed by atoms with Gasteiger partial charge in [0.05, 0.1) is 5.54 Å². The fraction of sp³-hybridized carbons (Fsp3) is 0.933. The van der Waals surface area contributed by atoms with Crippen molar-refractivity contribution in [3.8, 4) is 0 Å². The van der Waals surface area contributed by atoms with Crippen molar-refractivity contribution in [2.24, 2.45) is 11.3 Å². The summed E-state index contributed by atoms with van der Waals surface area (Å²) in [5.41, 5.74) is -0.0938. The van der Waals surface area contributed by atoms with Gasteiger partial charge in [-0.3, -0.25) is 4.79 Å². The van der Waals surface area contributed by atoms with Crippen LogP contribution < -0.4 is 10.6 Å². The van der Waals surface area contributed by atoms with Crippen LogP contribution in [0.15, 0.2) is 0 Å². The third kappa shape index (κ3) is 2.87. The van der Waals surface area contributed by atoms with Crippen molar-refractivity contribution in [3.05, 3.63) is 0 Å².